The molecule has 1 N–H and O–H groups in total. The summed E-state index contributed by atoms with van der Waals surface area (Å²) in [4.78, 5) is 25.8. The minimum Gasteiger partial charge on any atom is -0.479 e. The van der Waals surface area contributed by atoms with Crippen LogP contribution in [0.4, 0.5) is 5.69 Å². The van der Waals surface area contributed by atoms with E-state index in [-0.39, 0.29) is 18.4 Å². The van der Waals surface area contributed by atoms with Crippen LogP contribution in [-0.2, 0) is 9.59 Å². The Morgan fingerprint density at radius 1 is 1.16 bits per heavy atom. The molecule has 25 heavy (non-hydrogen) atoms. The molecule has 0 saturated carbocycles. The first-order valence-electron chi connectivity index (χ1n) is 7.89. The number of nitrogens with one attached hydrogen (secondary N) is 1. The summed E-state index contributed by atoms with van der Waals surface area (Å²) in [6.07, 6.45) is -0.753. The molecular weight excluding hydrogens is 340 g/mol. The highest BCUT2D eigenvalue weighted by molar-refractivity contribution is 6.32. The molecular formula is C19H21ClN2O3. The molecule has 6 heteroatoms. The fraction of sp³-hybridized carbons (Fsp3) is 0.263. The van der Waals surface area contributed by atoms with Crippen molar-refractivity contribution in [2.45, 2.75) is 20.0 Å². The minimum absolute atomic E-state index is 0.0665. The lowest BCUT2D eigenvalue weighted by molar-refractivity contribution is -0.139. The van der Waals surface area contributed by atoms with Gasteiger partial charge >= 0.3 is 0 Å². The third kappa shape index (κ3) is 5.50. The number of para-hydroxylation sites is 1. The van der Waals surface area contributed by atoms with Crippen molar-refractivity contribution in [2.24, 2.45) is 0 Å². The zero-order valence-corrected chi connectivity index (χ0v) is 15.2. The van der Waals surface area contributed by atoms with Crippen molar-refractivity contribution in [3.8, 4) is 5.75 Å². The number of halogens is 1. The van der Waals surface area contributed by atoms with Gasteiger partial charge in [-0.15, -0.1) is 0 Å². The van der Waals surface area contributed by atoms with E-state index in [1.54, 1.807) is 38.2 Å². The molecule has 2 rings (SSSR count). The molecule has 1 atom stereocenters. The zero-order valence-electron chi connectivity index (χ0n) is 14.5. The number of rotatable bonds is 6. The van der Waals surface area contributed by atoms with Crippen LogP contribution in [0, 0.1) is 6.92 Å². The predicted octanol–water partition coefficient (Wildman–Crippen LogP) is 3.51. The highest BCUT2D eigenvalue weighted by atomic mass is 35.5. The molecule has 0 spiro atoms. The Labute approximate surface area is 152 Å². The van der Waals surface area contributed by atoms with Crippen molar-refractivity contribution in [1.82, 2.24) is 4.90 Å². The molecule has 2 amide bonds. The number of carbonyl (C=O) groups is 2. The summed E-state index contributed by atoms with van der Waals surface area (Å²) in [7, 11) is 1.56. The van der Waals surface area contributed by atoms with E-state index < -0.39 is 6.10 Å². The van der Waals surface area contributed by atoms with E-state index in [1.165, 1.54) is 4.90 Å². The number of anilines is 1. The average Bonchev–Trinajstić information content (AvgIpc) is 2.58. The maximum absolute atomic E-state index is 12.4. The average molecular weight is 361 g/mol. The summed E-state index contributed by atoms with van der Waals surface area (Å²) in [5, 5.41) is 3.19. The Morgan fingerprint density at radius 3 is 2.44 bits per heavy atom. The number of hydrogen-bond acceptors (Lipinski definition) is 3. The Balaban J connectivity index is 1.89. The molecule has 2 aromatic rings. The number of amides is 2. The van der Waals surface area contributed by atoms with Crippen LogP contribution in [0.15, 0.2) is 48.5 Å². The third-order valence-corrected chi connectivity index (χ3v) is 3.89. The van der Waals surface area contributed by atoms with Gasteiger partial charge in [0.25, 0.3) is 5.91 Å². The summed E-state index contributed by atoms with van der Waals surface area (Å²) >= 11 is 6.02. The Kier molecular flexibility index (Phi) is 6.42. The van der Waals surface area contributed by atoms with Gasteiger partial charge in [-0.2, -0.15) is 0 Å². The van der Waals surface area contributed by atoms with Gasteiger partial charge in [-0.1, -0.05) is 41.4 Å². The number of aryl methyl sites for hydroxylation is 1. The topological polar surface area (TPSA) is 58.6 Å². The van der Waals surface area contributed by atoms with E-state index in [9.17, 15) is 9.59 Å². The van der Waals surface area contributed by atoms with Crippen LogP contribution in [0.2, 0.25) is 5.02 Å². The van der Waals surface area contributed by atoms with Crippen molar-refractivity contribution in [3.63, 3.8) is 0 Å². The molecule has 0 aromatic heterocycles. The van der Waals surface area contributed by atoms with Crippen LogP contribution in [0.1, 0.15) is 12.5 Å². The standard InChI is InChI=1S/C19H21ClN2O3/c1-13-8-10-15(11-9-13)21-18(23)12-22(3)19(24)14(2)25-17-7-5-4-6-16(17)20/h4-11,14H,12H2,1-3H3,(H,21,23). The van der Waals surface area contributed by atoms with Crippen LogP contribution in [0.3, 0.4) is 0 Å². The molecule has 0 fully saturated rings. The van der Waals surface area contributed by atoms with Crippen molar-refractivity contribution in [3.05, 3.63) is 59.1 Å². The second-order valence-corrected chi connectivity index (χ2v) is 6.21. The van der Waals surface area contributed by atoms with Gasteiger partial charge in [0.05, 0.1) is 11.6 Å². The van der Waals surface area contributed by atoms with Crippen LogP contribution in [-0.4, -0.2) is 36.4 Å². The second kappa shape index (κ2) is 8.53. The predicted molar refractivity (Wildman–Crippen MR) is 99.0 cm³/mol. The summed E-state index contributed by atoms with van der Waals surface area (Å²) < 4.78 is 5.59. The summed E-state index contributed by atoms with van der Waals surface area (Å²) in [6, 6.07) is 14.4. The van der Waals surface area contributed by atoms with Gasteiger partial charge in [0.1, 0.15) is 5.75 Å². The number of likely N-dealkylation sites (N-methyl/N-ethyl adjacent to an activating group) is 1. The largest absolute Gasteiger partial charge is 0.479 e. The van der Waals surface area contributed by atoms with Crippen molar-refractivity contribution in [2.75, 3.05) is 18.9 Å². The highest BCUT2D eigenvalue weighted by Crippen LogP contribution is 2.24. The van der Waals surface area contributed by atoms with Crippen LogP contribution >= 0.6 is 11.6 Å². The first-order chi connectivity index (χ1) is 11.9. The number of ether oxygens (including phenoxy) is 1. The Morgan fingerprint density at radius 2 is 1.80 bits per heavy atom. The maximum Gasteiger partial charge on any atom is 0.263 e. The molecule has 0 bridgehead atoms. The van der Waals surface area contributed by atoms with Crippen molar-refractivity contribution >= 4 is 29.1 Å². The van der Waals surface area contributed by atoms with E-state index in [0.29, 0.717) is 16.5 Å². The number of carbonyl (C=O) groups excluding carboxylic acids is 2. The normalized spacial score (nSPS) is 11.5. The van der Waals surface area contributed by atoms with Crippen molar-refractivity contribution < 1.29 is 14.3 Å². The van der Waals surface area contributed by atoms with E-state index in [2.05, 4.69) is 5.32 Å². The monoisotopic (exact) mass is 360 g/mol. The number of benzene rings is 2. The molecule has 0 heterocycles. The minimum atomic E-state index is -0.753. The molecule has 0 aliphatic rings. The smallest absolute Gasteiger partial charge is 0.263 e. The molecule has 132 valence electrons. The fourth-order valence-electron chi connectivity index (χ4n) is 2.22. The SMILES string of the molecule is Cc1ccc(NC(=O)CN(C)C(=O)C(C)Oc2ccccc2Cl)cc1. The first-order valence-corrected chi connectivity index (χ1v) is 8.27. The van der Waals surface area contributed by atoms with Crippen LogP contribution in [0.25, 0.3) is 0 Å². The molecule has 0 saturated heterocycles. The Hall–Kier alpha value is -2.53. The van der Waals surface area contributed by atoms with Crippen molar-refractivity contribution in [1.29, 1.82) is 0 Å². The van der Waals surface area contributed by atoms with E-state index in [0.717, 1.165) is 5.56 Å². The van der Waals surface area contributed by atoms with Gasteiger partial charge in [-0.05, 0) is 38.1 Å². The first kappa shape index (κ1) is 18.8. The van der Waals surface area contributed by atoms with E-state index in [4.69, 9.17) is 16.3 Å². The maximum atomic E-state index is 12.4. The van der Waals surface area contributed by atoms with E-state index >= 15 is 0 Å². The summed E-state index contributed by atoms with van der Waals surface area (Å²) in [5.74, 6) is -0.147. The fourth-order valence-corrected chi connectivity index (χ4v) is 2.40. The highest BCUT2D eigenvalue weighted by Gasteiger charge is 2.21. The van der Waals surface area contributed by atoms with Crippen LogP contribution < -0.4 is 10.1 Å². The van der Waals surface area contributed by atoms with Gasteiger partial charge in [0, 0.05) is 12.7 Å². The molecule has 0 aliphatic carbocycles. The molecule has 0 aliphatic heterocycles. The molecule has 5 nitrogen and oxygen atoms in total. The number of hydrogen-bond donors (Lipinski definition) is 1. The van der Waals surface area contributed by atoms with Crippen LogP contribution in [0.5, 0.6) is 5.75 Å². The molecule has 0 radical (unpaired) electrons. The molecule has 1 unspecified atom stereocenters. The van der Waals surface area contributed by atoms with Gasteiger partial charge in [-0.3, -0.25) is 9.59 Å². The lowest BCUT2D eigenvalue weighted by Crippen LogP contribution is -2.42. The quantitative estimate of drug-likeness (QED) is 0.857. The third-order valence-electron chi connectivity index (χ3n) is 3.58. The summed E-state index contributed by atoms with van der Waals surface area (Å²) in [5.41, 5.74) is 1.80. The Bertz CT molecular complexity index is 747. The van der Waals surface area contributed by atoms with E-state index in [1.807, 2.05) is 31.2 Å². The van der Waals surface area contributed by atoms with Gasteiger partial charge in [-0.25, -0.2) is 0 Å². The number of nitrogens with zero attached hydrogens (tertiary/aromatic N) is 1. The van der Waals surface area contributed by atoms with Gasteiger partial charge < -0.3 is 15.0 Å². The lowest BCUT2D eigenvalue weighted by atomic mass is 10.2. The summed E-state index contributed by atoms with van der Waals surface area (Å²) in [6.45, 7) is 3.53. The lowest BCUT2D eigenvalue weighted by Gasteiger charge is -2.22. The second-order valence-electron chi connectivity index (χ2n) is 5.80. The van der Waals surface area contributed by atoms with Gasteiger partial charge in [0.2, 0.25) is 5.91 Å². The zero-order chi connectivity index (χ0) is 18.4. The molecule has 2 aromatic carbocycles. The van der Waals surface area contributed by atoms with Gasteiger partial charge in [0.15, 0.2) is 6.10 Å².